The Hall–Kier alpha value is -1.13. The Morgan fingerprint density at radius 2 is 2.06 bits per heavy atom. The quantitative estimate of drug-likeness (QED) is 0.668. The van der Waals surface area contributed by atoms with Crippen LogP contribution in [-0.4, -0.2) is 31.3 Å². The lowest BCUT2D eigenvalue weighted by Gasteiger charge is -2.07. The highest BCUT2D eigenvalue weighted by Crippen LogP contribution is 2.07. The fourth-order valence-corrected chi connectivity index (χ4v) is 1.34. The second-order valence-corrected chi connectivity index (χ2v) is 3.71. The number of nitrogens with one attached hydrogen (secondary N) is 1. The van der Waals surface area contributed by atoms with Crippen LogP contribution in [0.15, 0.2) is 18.2 Å². The Kier molecular flexibility index (Phi) is 7.34. The molecule has 0 atom stereocenters. The van der Waals surface area contributed by atoms with Crippen LogP contribution >= 0.6 is 0 Å². The molecule has 0 bridgehead atoms. The summed E-state index contributed by atoms with van der Waals surface area (Å²) < 4.78 is 10.8. The molecule has 1 heterocycles. The van der Waals surface area contributed by atoms with E-state index in [0.29, 0.717) is 19.1 Å². The van der Waals surface area contributed by atoms with Crippen molar-refractivity contribution >= 4 is 0 Å². The van der Waals surface area contributed by atoms with Gasteiger partial charge in [-0.1, -0.05) is 19.9 Å². The topological polar surface area (TPSA) is 43.4 Å². The summed E-state index contributed by atoms with van der Waals surface area (Å²) in [5.74, 6) is 0.667. The number of hydrogen-bond donors (Lipinski definition) is 1. The fraction of sp³-hybridized carbons (Fsp3) is 0.615. The minimum Gasteiger partial charge on any atom is -0.475 e. The van der Waals surface area contributed by atoms with Gasteiger partial charge in [-0.3, -0.25) is 0 Å². The smallest absolute Gasteiger partial charge is 0.213 e. The molecule has 0 saturated heterocycles. The third kappa shape index (κ3) is 6.24. The lowest BCUT2D eigenvalue weighted by molar-refractivity contribution is 0.0989. The van der Waals surface area contributed by atoms with Crippen molar-refractivity contribution in [1.82, 2.24) is 10.3 Å². The Morgan fingerprint density at radius 1 is 1.18 bits per heavy atom. The number of rotatable bonds is 9. The molecule has 0 aliphatic heterocycles. The molecule has 4 nitrogen and oxygen atoms in total. The molecule has 0 aliphatic carbocycles. The van der Waals surface area contributed by atoms with Gasteiger partial charge in [0, 0.05) is 19.2 Å². The van der Waals surface area contributed by atoms with Gasteiger partial charge in [-0.15, -0.1) is 0 Å². The van der Waals surface area contributed by atoms with Crippen molar-refractivity contribution in [2.75, 3.05) is 26.4 Å². The van der Waals surface area contributed by atoms with Crippen molar-refractivity contribution in [2.24, 2.45) is 0 Å². The Balaban J connectivity index is 2.27. The third-order valence-electron chi connectivity index (χ3n) is 2.16. The van der Waals surface area contributed by atoms with E-state index < -0.39 is 0 Å². The minimum absolute atomic E-state index is 0.553. The summed E-state index contributed by atoms with van der Waals surface area (Å²) in [6, 6.07) is 5.82. The van der Waals surface area contributed by atoms with Gasteiger partial charge in [-0.2, -0.15) is 0 Å². The normalized spacial score (nSPS) is 10.5. The van der Waals surface area contributed by atoms with E-state index in [2.05, 4.69) is 24.1 Å². The highest BCUT2D eigenvalue weighted by atomic mass is 16.5. The maximum atomic E-state index is 5.51. The van der Waals surface area contributed by atoms with E-state index in [0.717, 1.165) is 31.8 Å². The first kappa shape index (κ1) is 13.9. The van der Waals surface area contributed by atoms with Crippen LogP contribution in [-0.2, 0) is 11.3 Å². The summed E-state index contributed by atoms with van der Waals surface area (Å²) in [6.07, 6.45) is 1.04. The van der Waals surface area contributed by atoms with Gasteiger partial charge in [0.2, 0.25) is 5.88 Å². The first-order chi connectivity index (χ1) is 8.36. The Bertz CT molecular complexity index is 305. The van der Waals surface area contributed by atoms with E-state index in [1.165, 1.54) is 0 Å². The van der Waals surface area contributed by atoms with Crippen molar-refractivity contribution in [3.05, 3.63) is 23.9 Å². The maximum Gasteiger partial charge on any atom is 0.213 e. The Labute approximate surface area is 103 Å². The highest BCUT2D eigenvalue weighted by Gasteiger charge is 1.98. The van der Waals surface area contributed by atoms with E-state index in [1.807, 2.05) is 18.2 Å². The molecule has 1 rings (SSSR count). The van der Waals surface area contributed by atoms with Crippen LogP contribution in [0, 0.1) is 0 Å². The zero-order valence-electron chi connectivity index (χ0n) is 10.7. The lowest BCUT2D eigenvalue weighted by Crippen LogP contribution is -2.13. The average molecular weight is 238 g/mol. The van der Waals surface area contributed by atoms with E-state index >= 15 is 0 Å². The number of nitrogens with zero attached hydrogens (tertiary/aromatic N) is 1. The summed E-state index contributed by atoms with van der Waals surface area (Å²) in [5.41, 5.74) is 0.999. The zero-order valence-corrected chi connectivity index (χ0v) is 10.7. The lowest BCUT2D eigenvalue weighted by atomic mass is 10.3. The number of pyridine rings is 1. The van der Waals surface area contributed by atoms with Gasteiger partial charge in [0.15, 0.2) is 0 Å². The van der Waals surface area contributed by atoms with E-state index in [-0.39, 0.29) is 0 Å². The van der Waals surface area contributed by atoms with Gasteiger partial charge in [0.25, 0.3) is 0 Å². The van der Waals surface area contributed by atoms with Crippen molar-refractivity contribution in [2.45, 2.75) is 26.8 Å². The summed E-state index contributed by atoms with van der Waals surface area (Å²) in [5, 5.41) is 3.23. The van der Waals surface area contributed by atoms with Gasteiger partial charge in [0.1, 0.15) is 6.61 Å². The van der Waals surface area contributed by atoms with Crippen LogP contribution in [0.25, 0.3) is 0 Å². The van der Waals surface area contributed by atoms with Crippen LogP contribution < -0.4 is 10.1 Å². The number of ether oxygens (including phenoxy) is 2. The molecule has 0 aromatic carbocycles. The molecule has 17 heavy (non-hydrogen) atoms. The van der Waals surface area contributed by atoms with Crippen LogP contribution in [0.5, 0.6) is 5.88 Å². The monoisotopic (exact) mass is 238 g/mol. The van der Waals surface area contributed by atoms with Crippen molar-refractivity contribution in [1.29, 1.82) is 0 Å². The van der Waals surface area contributed by atoms with E-state index in [9.17, 15) is 0 Å². The molecule has 0 saturated carbocycles. The maximum absolute atomic E-state index is 5.51. The Morgan fingerprint density at radius 3 is 2.82 bits per heavy atom. The largest absolute Gasteiger partial charge is 0.475 e. The van der Waals surface area contributed by atoms with Gasteiger partial charge >= 0.3 is 0 Å². The summed E-state index contributed by atoms with van der Waals surface area (Å²) in [4.78, 5) is 4.39. The molecule has 0 aliphatic rings. The molecule has 0 unspecified atom stereocenters. The second-order valence-electron chi connectivity index (χ2n) is 3.71. The summed E-state index contributed by atoms with van der Waals surface area (Å²) >= 11 is 0. The average Bonchev–Trinajstić information content (AvgIpc) is 2.37. The predicted molar refractivity (Wildman–Crippen MR) is 68.2 cm³/mol. The van der Waals surface area contributed by atoms with E-state index in [4.69, 9.17) is 9.47 Å². The van der Waals surface area contributed by atoms with Gasteiger partial charge in [-0.05, 0) is 19.0 Å². The SMILES string of the molecule is CCCOCCOc1cccc(CNCC)n1. The molecular weight excluding hydrogens is 216 g/mol. The number of hydrogen-bond acceptors (Lipinski definition) is 4. The standard InChI is InChI=1S/C13H22N2O2/c1-3-8-16-9-10-17-13-7-5-6-12(15-13)11-14-4-2/h5-7,14H,3-4,8-11H2,1-2H3. The molecule has 0 spiro atoms. The van der Waals surface area contributed by atoms with Gasteiger partial charge < -0.3 is 14.8 Å². The first-order valence-corrected chi connectivity index (χ1v) is 6.24. The molecule has 1 N–H and O–H groups in total. The van der Waals surface area contributed by atoms with Gasteiger partial charge in [-0.25, -0.2) is 4.98 Å². The summed E-state index contributed by atoms with van der Waals surface area (Å²) in [6.45, 7) is 7.84. The van der Waals surface area contributed by atoms with E-state index in [1.54, 1.807) is 0 Å². The summed E-state index contributed by atoms with van der Waals surface area (Å²) in [7, 11) is 0. The molecule has 96 valence electrons. The van der Waals surface area contributed by atoms with Crippen molar-refractivity contribution in [3.8, 4) is 5.88 Å². The molecule has 1 aromatic rings. The highest BCUT2D eigenvalue weighted by molar-refractivity contribution is 5.15. The molecule has 0 amide bonds. The van der Waals surface area contributed by atoms with Crippen molar-refractivity contribution < 1.29 is 9.47 Å². The molecule has 0 fully saturated rings. The van der Waals surface area contributed by atoms with Crippen LogP contribution in [0.2, 0.25) is 0 Å². The molecule has 4 heteroatoms. The third-order valence-corrected chi connectivity index (χ3v) is 2.16. The van der Waals surface area contributed by atoms with Crippen molar-refractivity contribution in [3.63, 3.8) is 0 Å². The minimum atomic E-state index is 0.553. The fourth-order valence-electron chi connectivity index (χ4n) is 1.34. The molecular formula is C13H22N2O2. The van der Waals surface area contributed by atoms with Crippen LogP contribution in [0.3, 0.4) is 0 Å². The number of aromatic nitrogens is 1. The molecule has 1 aromatic heterocycles. The van der Waals surface area contributed by atoms with Crippen LogP contribution in [0.4, 0.5) is 0 Å². The predicted octanol–water partition coefficient (Wildman–Crippen LogP) is 2.00. The van der Waals surface area contributed by atoms with Gasteiger partial charge in [0.05, 0.1) is 12.3 Å². The first-order valence-electron chi connectivity index (χ1n) is 6.24. The second kappa shape index (κ2) is 8.96. The van der Waals surface area contributed by atoms with Crippen LogP contribution in [0.1, 0.15) is 26.0 Å². The zero-order chi connectivity index (χ0) is 12.3. The molecule has 0 radical (unpaired) electrons.